The number of para-hydroxylation sites is 1. The Bertz CT molecular complexity index is 837. The number of unbranched alkanes of at least 4 members (excludes halogenated alkanes) is 1. The molecule has 158 valence electrons. The lowest BCUT2D eigenvalue weighted by Gasteiger charge is -2.30. The summed E-state index contributed by atoms with van der Waals surface area (Å²) in [7, 11) is 1.78. The van der Waals surface area contributed by atoms with E-state index in [0.717, 1.165) is 74.6 Å². The van der Waals surface area contributed by atoms with Crippen LogP contribution in [-0.4, -0.2) is 50.0 Å². The number of nitrogens with two attached hydrogens (primary N) is 1. The van der Waals surface area contributed by atoms with Gasteiger partial charge in [0.15, 0.2) is 5.96 Å². The van der Waals surface area contributed by atoms with Gasteiger partial charge in [-0.15, -0.1) is 0 Å². The average Bonchev–Trinajstić information content (AvgIpc) is 3.06. The quantitative estimate of drug-likeness (QED) is 0.360. The number of primary amides is 1. The number of amides is 1. The molecule has 29 heavy (non-hydrogen) atoms. The van der Waals surface area contributed by atoms with Gasteiger partial charge in [-0.25, -0.2) is 0 Å². The van der Waals surface area contributed by atoms with Crippen molar-refractivity contribution in [3.05, 3.63) is 35.6 Å². The van der Waals surface area contributed by atoms with Crippen molar-refractivity contribution in [2.45, 2.75) is 39.2 Å². The Morgan fingerprint density at radius 2 is 2.00 bits per heavy atom. The molecular weight excluding hydrogens is 366 g/mol. The predicted molar refractivity (Wildman–Crippen MR) is 117 cm³/mol. The van der Waals surface area contributed by atoms with Crippen molar-refractivity contribution in [1.82, 2.24) is 15.5 Å². The molecule has 1 aliphatic heterocycles. The summed E-state index contributed by atoms with van der Waals surface area (Å²) in [5, 5.41) is 7.86. The summed E-state index contributed by atoms with van der Waals surface area (Å²) in [5.41, 5.74) is 7.49. The van der Waals surface area contributed by atoms with Crippen molar-refractivity contribution in [2.75, 3.05) is 33.2 Å². The van der Waals surface area contributed by atoms with Gasteiger partial charge in [0.2, 0.25) is 5.91 Å². The van der Waals surface area contributed by atoms with E-state index in [1.807, 2.05) is 18.2 Å². The van der Waals surface area contributed by atoms with E-state index in [2.05, 4.69) is 33.5 Å². The number of nitrogens with zero attached hydrogens (tertiary/aromatic N) is 2. The van der Waals surface area contributed by atoms with Gasteiger partial charge in [-0.3, -0.25) is 9.79 Å². The van der Waals surface area contributed by atoms with Crippen molar-refractivity contribution in [3.8, 4) is 0 Å². The summed E-state index contributed by atoms with van der Waals surface area (Å²) in [4.78, 5) is 18.0. The van der Waals surface area contributed by atoms with Crippen LogP contribution in [0.15, 0.2) is 33.7 Å². The summed E-state index contributed by atoms with van der Waals surface area (Å²) < 4.78 is 5.95. The zero-order valence-electron chi connectivity index (χ0n) is 17.5. The second-order valence-electron chi connectivity index (χ2n) is 7.72. The second-order valence-corrected chi connectivity index (χ2v) is 7.72. The predicted octanol–water partition coefficient (Wildman–Crippen LogP) is 2.38. The minimum atomic E-state index is -0.148. The zero-order valence-corrected chi connectivity index (χ0v) is 17.5. The van der Waals surface area contributed by atoms with Gasteiger partial charge in [0.05, 0.1) is 6.54 Å². The van der Waals surface area contributed by atoms with Gasteiger partial charge in [-0.2, -0.15) is 0 Å². The van der Waals surface area contributed by atoms with Gasteiger partial charge in [0.25, 0.3) is 0 Å². The Balaban J connectivity index is 1.33. The number of nitrogens with one attached hydrogen (secondary N) is 2. The van der Waals surface area contributed by atoms with Crippen molar-refractivity contribution >= 4 is 22.8 Å². The summed E-state index contributed by atoms with van der Waals surface area (Å²) in [5.74, 6) is 1.64. The summed E-state index contributed by atoms with van der Waals surface area (Å²) in [6.45, 7) is 6.58. The monoisotopic (exact) mass is 399 g/mol. The van der Waals surface area contributed by atoms with Crippen LogP contribution in [-0.2, 0) is 11.3 Å². The third-order valence-electron chi connectivity index (χ3n) is 5.77. The SMILES string of the molecule is CN=C(NCCCCN1CCC(C(N)=O)CC1)NCc1oc2ccccc2c1C. The molecule has 1 saturated heterocycles. The fourth-order valence-corrected chi connectivity index (χ4v) is 3.89. The lowest BCUT2D eigenvalue weighted by atomic mass is 9.96. The largest absolute Gasteiger partial charge is 0.459 e. The fraction of sp³-hybridized carbons (Fsp3) is 0.545. The number of carbonyl (C=O) groups excluding carboxylic acids is 1. The van der Waals surface area contributed by atoms with Gasteiger partial charge in [-0.05, 0) is 58.3 Å². The first-order valence-corrected chi connectivity index (χ1v) is 10.5. The standard InChI is InChI=1S/C22H33N5O2/c1-16-18-7-3-4-8-19(18)29-20(16)15-26-22(24-2)25-11-5-6-12-27-13-9-17(10-14-27)21(23)28/h3-4,7-8,17H,5-6,9-15H2,1-2H3,(H2,23,28)(H2,24,25,26). The lowest BCUT2D eigenvalue weighted by molar-refractivity contribution is -0.123. The van der Waals surface area contributed by atoms with Crippen LogP contribution in [0.3, 0.4) is 0 Å². The van der Waals surface area contributed by atoms with Crippen LogP contribution >= 0.6 is 0 Å². The van der Waals surface area contributed by atoms with Gasteiger partial charge < -0.3 is 25.7 Å². The van der Waals surface area contributed by atoms with Crippen LogP contribution in [0, 0.1) is 12.8 Å². The number of piperidine rings is 1. The minimum Gasteiger partial charge on any atom is -0.459 e. The first kappa shape index (κ1) is 21.2. The molecule has 0 saturated carbocycles. The zero-order chi connectivity index (χ0) is 20.6. The number of likely N-dealkylation sites (tertiary alicyclic amines) is 1. The van der Waals surface area contributed by atoms with Crippen molar-refractivity contribution in [3.63, 3.8) is 0 Å². The topological polar surface area (TPSA) is 95.9 Å². The maximum Gasteiger partial charge on any atom is 0.220 e. The number of aryl methyl sites for hydroxylation is 1. The number of guanidine groups is 1. The third-order valence-corrected chi connectivity index (χ3v) is 5.77. The van der Waals surface area contributed by atoms with E-state index >= 15 is 0 Å². The van der Waals surface area contributed by atoms with E-state index in [-0.39, 0.29) is 11.8 Å². The van der Waals surface area contributed by atoms with E-state index in [9.17, 15) is 4.79 Å². The second kappa shape index (κ2) is 10.3. The molecule has 0 bridgehead atoms. The minimum absolute atomic E-state index is 0.0673. The highest BCUT2D eigenvalue weighted by molar-refractivity contribution is 5.83. The smallest absolute Gasteiger partial charge is 0.220 e. The highest BCUT2D eigenvalue weighted by Crippen LogP contribution is 2.24. The maximum absolute atomic E-state index is 11.2. The van der Waals surface area contributed by atoms with Gasteiger partial charge in [0, 0.05) is 30.5 Å². The van der Waals surface area contributed by atoms with Gasteiger partial charge in [-0.1, -0.05) is 18.2 Å². The number of benzene rings is 1. The number of rotatable bonds is 8. The number of fused-ring (bicyclic) bond motifs is 1. The number of furan rings is 1. The number of aliphatic imine (C=N–C) groups is 1. The number of carbonyl (C=O) groups is 1. The maximum atomic E-state index is 11.2. The molecule has 2 aromatic rings. The highest BCUT2D eigenvalue weighted by atomic mass is 16.3. The van der Waals surface area contributed by atoms with Gasteiger partial charge in [0.1, 0.15) is 11.3 Å². The fourth-order valence-electron chi connectivity index (χ4n) is 3.89. The molecule has 3 rings (SSSR count). The van der Waals surface area contributed by atoms with E-state index in [1.54, 1.807) is 7.05 Å². The molecule has 1 aromatic heterocycles. The molecule has 7 nitrogen and oxygen atoms in total. The van der Waals surface area contributed by atoms with Gasteiger partial charge >= 0.3 is 0 Å². The van der Waals surface area contributed by atoms with Crippen molar-refractivity contribution in [2.24, 2.45) is 16.6 Å². The van der Waals surface area contributed by atoms with E-state index in [1.165, 1.54) is 5.56 Å². The Morgan fingerprint density at radius 3 is 2.69 bits per heavy atom. The van der Waals surface area contributed by atoms with Crippen molar-refractivity contribution < 1.29 is 9.21 Å². The molecule has 7 heteroatoms. The highest BCUT2D eigenvalue weighted by Gasteiger charge is 2.22. The number of hydrogen-bond acceptors (Lipinski definition) is 4. The van der Waals surface area contributed by atoms with Crippen molar-refractivity contribution in [1.29, 1.82) is 0 Å². The molecule has 1 fully saturated rings. The molecule has 1 amide bonds. The Hall–Kier alpha value is -2.54. The summed E-state index contributed by atoms with van der Waals surface area (Å²) >= 11 is 0. The molecule has 1 aliphatic rings. The average molecular weight is 400 g/mol. The molecule has 0 aliphatic carbocycles. The van der Waals surface area contributed by atoms with E-state index in [4.69, 9.17) is 10.2 Å². The molecule has 1 aromatic carbocycles. The Labute approximate surface area is 172 Å². The molecule has 0 atom stereocenters. The molecule has 4 N–H and O–H groups in total. The summed E-state index contributed by atoms with van der Waals surface area (Å²) in [6, 6.07) is 8.10. The van der Waals surface area contributed by atoms with Crippen LogP contribution in [0.2, 0.25) is 0 Å². The van der Waals surface area contributed by atoms with Crippen LogP contribution < -0.4 is 16.4 Å². The van der Waals surface area contributed by atoms with E-state index in [0.29, 0.717) is 6.54 Å². The lowest BCUT2D eigenvalue weighted by Crippen LogP contribution is -2.39. The van der Waals surface area contributed by atoms with Crippen LogP contribution in [0.4, 0.5) is 0 Å². The molecule has 0 unspecified atom stereocenters. The molecular formula is C22H33N5O2. The van der Waals surface area contributed by atoms with Crippen LogP contribution in [0.5, 0.6) is 0 Å². The molecule has 0 radical (unpaired) electrons. The molecule has 2 heterocycles. The third kappa shape index (κ3) is 5.73. The first-order chi connectivity index (χ1) is 14.1. The molecule has 0 spiro atoms. The van der Waals surface area contributed by atoms with Crippen LogP contribution in [0.1, 0.15) is 37.0 Å². The summed E-state index contributed by atoms with van der Waals surface area (Å²) in [6.07, 6.45) is 3.98. The van der Waals surface area contributed by atoms with Crippen LogP contribution in [0.25, 0.3) is 11.0 Å². The first-order valence-electron chi connectivity index (χ1n) is 10.5. The number of hydrogen-bond donors (Lipinski definition) is 3. The normalized spacial score (nSPS) is 16.3. The Morgan fingerprint density at radius 1 is 1.24 bits per heavy atom. The Kier molecular flexibility index (Phi) is 7.52. The van der Waals surface area contributed by atoms with E-state index < -0.39 is 0 Å².